The second kappa shape index (κ2) is 9.05. The number of aromatic nitrogens is 3. The Morgan fingerprint density at radius 1 is 1.28 bits per heavy atom. The maximum absolute atomic E-state index is 13.3. The molecule has 4 rings (SSSR count). The van der Waals surface area contributed by atoms with Crippen LogP contribution >= 0.6 is 34.4 Å². The summed E-state index contributed by atoms with van der Waals surface area (Å²) in [6.45, 7) is 5.79. The van der Waals surface area contributed by atoms with Crippen molar-refractivity contribution in [2.45, 2.75) is 32.5 Å². The molecule has 0 atom stereocenters. The summed E-state index contributed by atoms with van der Waals surface area (Å²) < 4.78 is 6.42. The molecule has 4 heterocycles. The van der Waals surface area contributed by atoms with E-state index >= 15 is 0 Å². The Hall–Kier alpha value is -2.69. The van der Waals surface area contributed by atoms with Crippen LogP contribution < -0.4 is 5.56 Å². The fourth-order valence-corrected chi connectivity index (χ4v) is 6.39. The van der Waals surface area contributed by atoms with E-state index in [1.54, 1.807) is 29.8 Å². The van der Waals surface area contributed by atoms with Crippen LogP contribution in [0.5, 0.6) is 0 Å². The molecule has 0 aliphatic carbocycles. The number of carbonyl (C=O) groups excluding carboxylic acids is 2. The molecule has 166 valence electrons. The number of esters is 1. The van der Waals surface area contributed by atoms with Gasteiger partial charge in [-0.15, -0.1) is 22.7 Å². The number of hydrogen-bond acceptors (Lipinski definition) is 8. The lowest BCUT2D eigenvalue weighted by Gasteiger charge is -2.10. The molecule has 0 saturated carbocycles. The van der Waals surface area contributed by atoms with E-state index in [0.717, 1.165) is 10.4 Å². The first-order valence-electron chi connectivity index (χ1n) is 9.86. The minimum atomic E-state index is -0.478. The molecule has 32 heavy (non-hydrogen) atoms. The number of Topliss-reactive ketones (excluding diaryl/α,β-unsaturated/α-hetero) is 1. The molecule has 4 aromatic heterocycles. The van der Waals surface area contributed by atoms with Crippen LogP contribution in [0.1, 0.15) is 39.0 Å². The Morgan fingerprint density at radius 3 is 2.72 bits per heavy atom. The van der Waals surface area contributed by atoms with Crippen molar-refractivity contribution in [3.63, 3.8) is 0 Å². The van der Waals surface area contributed by atoms with Crippen molar-refractivity contribution in [2.75, 3.05) is 12.9 Å². The maximum Gasteiger partial charge on any atom is 0.339 e. The van der Waals surface area contributed by atoms with Gasteiger partial charge in [-0.1, -0.05) is 17.8 Å². The molecule has 0 spiro atoms. The van der Waals surface area contributed by atoms with Crippen molar-refractivity contribution in [1.82, 2.24) is 14.5 Å². The molecule has 7 nitrogen and oxygen atoms in total. The van der Waals surface area contributed by atoms with Crippen molar-refractivity contribution in [3.05, 3.63) is 55.8 Å². The average molecular weight is 488 g/mol. The number of ether oxygens (including phenoxy) is 1. The van der Waals surface area contributed by atoms with Crippen molar-refractivity contribution in [2.24, 2.45) is 0 Å². The van der Waals surface area contributed by atoms with E-state index in [1.165, 1.54) is 30.2 Å². The number of thiophene rings is 2. The Balaban J connectivity index is 1.65. The first-order chi connectivity index (χ1) is 15.4. The van der Waals surface area contributed by atoms with Gasteiger partial charge in [0.2, 0.25) is 0 Å². The second-order valence-electron chi connectivity index (χ2n) is 7.08. The molecule has 0 amide bonds. The molecule has 0 bridgehead atoms. The van der Waals surface area contributed by atoms with Crippen LogP contribution in [-0.4, -0.2) is 39.2 Å². The van der Waals surface area contributed by atoms with Gasteiger partial charge in [0.15, 0.2) is 10.9 Å². The number of rotatable bonds is 7. The monoisotopic (exact) mass is 487 g/mol. The predicted octanol–water partition coefficient (Wildman–Crippen LogP) is 4.91. The summed E-state index contributed by atoms with van der Waals surface area (Å²) in [6, 6.07) is 3.95. The third-order valence-corrected chi connectivity index (χ3v) is 7.95. The van der Waals surface area contributed by atoms with Gasteiger partial charge < -0.3 is 9.72 Å². The standard InChI is InChI=1S/C22H21N3O4S3/c1-5-25-20(27)17-13(15-7-6-8-30-15)9-31-19(17)24-22(25)32-10-14(26)18-11(2)16(12(3)23-18)21(28)29-4/h6-9,23H,5,10H2,1-4H3. The van der Waals surface area contributed by atoms with Crippen LogP contribution in [0.2, 0.25) is 0 Å². The molecule has 10 heteroatoms. The molecule has 0 unspecified atom stereocenters. The molecular weight excluding hydrogens is 466 g/mol. The SMILES string of the molecule is CCn1c(SCC(=O)c2[nH]c(C)c(C(=O)OC)c2C)nc2scc(-c3cccs3)c2c1=O. The molecule has 0 aliphatic heterocycles. The van der Waals surface area contributed by atoms with E-state index in [0.29, 0.717) is 44.4 Å². The van der Waals surface area contributed by atoms with Gasteiger partial charge in [-0.25, -0.2) is 9.78 Å². The number of fused-ring (bicyclic) bond motifs is 1. The molecule has 0 saturated heterocycles. The summed E-state index contributed by atoms with van der Waals surface area (Å²) in [5.41, 5.74) is 2.71. The van der Waals surface area contributed by atoms with Crippen LogP contribution in [-0.2, 0) is 11.3 Å². The van der Waals surface area contributed by atoms with Crippen LogP contribution in [0, 0.1) is 13.8 Å². The molecular formula is C22H21N3O4S3. The minimum Gasteiger partial charge on any atom is -0.465 e. The van der Waals surface area contributed by atoms with Gasteiger partial charge >= 0.3 is 5.97 Å². The van der Waals surface area contributed by atoms with Crippen molar-refractivity contribution < 1.29 is 14.3 Å². The first-order valence-corrected chi connectivity index (χ1v) is 12.6. The third-order valence-electron chi connectivity index (χ3n) is 5.20. The Labute approximate surface area is 196 Å². The fraction of sp³-hybridized carbons (Fsp3) is 0.273. The smallest absolute Gasteiger partial charge is 0.339 e. The minimum absolute atomic E-state index is 0.0858. The zero-order chi connectivity index (χ0) is 23.0. The lowest BCUT2D eigenvalue weighted by Crippen LogP contribution is -2.22. The largest absolute Gasteiger partial charge is 0.465 e. The number of nitrogens with zero attached hydrogens (tertiary/aromatic N) is 2. The van der Waals surface area contributed by atoms with Gasteiger partial charge in [0.25, 0.3) is 5.56 Å². The number of thioether (sulfide) groups is 1. The highest BCUT2D eigenvalue weighted by Crippen LogP contribution is 2.34. The number of ketones is 1. The summed E-state index contributed by atoms with van der Waals surface area (Å²) in [5, 5.41) is 5.07. The van der Waals surface area contributed by atoms with E-state index < -0.39 is 5.97 Å². The topological polar surface area (TPSA) is 94.1 Å². The third kappa shape index (κ3) is 3.82. The summed E-state index contributed by atoms with van der Waals surface area (Å²) in [7, 11) is 1.31. The number of carbonyl (C=O) groups is 2. The summed E-state index contributed by atoms with van der Waals surface area (Å²) in [5.74, 6) is -0.565. The highest BCUT2D eigenvalue weighted by molar-refractivity contribution is 7.99. The zero-order valence-electron chi connectivity index (χ0n) is 18.0. The number of aryl methyl sites for hydroxylation is 1. The van der Waals surface area contributed by atoms with Crippen LogP contribution in [0.4, 0.5) is 0 Å². The van der Waals surface area contributed by atoms with Crippen molar-refractivity contribution >= 4 is 56.4 Å². The predicted molar refractivity (Wildman–Crippen MR) is 130 cm³/mol. The lowest BCUT2D eigenvalue weighted by molar-refractivity contribution is 0.0599. The quantitative estimate of drug-likeness (QED) is 0.172. The molecule has 1 N–H and O–H groups in total. The maximum atomic E-state index is 13.3. The van der Waals surface area contributed by atoms with E-state index in [2.05, 4.69) is 4.98 Å². The van der Waals surface area contributed by atoms with E-state index in [1.807, 2.05) is 29.8 Å². The van der Waals surface area contributed by atoms with Crippen LogP contribution in [0.3, 0.4) is 0 Å². The number of methoxy groups -OCH3 is 1. The highest BCUT2D eigenvalue weighted by atomic mass is 32.2. The van der Waals surface area contributed by atoms with Gasteiger partial charge in [0, 0.05) is 28.1 Å². The normalized spacial score (nSPS) is 11.2. The second-order valence-corrected chi connectivity index (χ2v) is 9.83. The van der Waals surface area contributed by atoms with Crippen molar-refractivity contribution in [3.8, 4) is 10.4 Å². The summed E-state index contributed by atoms with van der Waals surface area (Å²) >= 11 is 4.24. The van der Waals surface area contributed by atoms with E-state index in [9.17, 15) is 14.4 Å². The Bertz CT molecular complexity index is 1380. The number of H-pyrrole nitrogens is 1. The fourth-order valence-electron chi connectivity index (χ4n) is 3.65. The van der Waals surface area contributed by atoms with E-state index in [-0.39, 0.29) is 17.1 Å². The highest BCUT2D eigenvalue weighted by Gasteiger charge is 2.23. The zero-order valence-corrected chi connectivity index (χ0v) is 20.4. The molecule has 4 aromatic rings. The number of hydrogen-bond donors (Lipinski definition) is 1. The van der Waals surface area contributed by atoms with Crippen LogP contribution in [0.25, 0.3) is 20.7 Å². The van der Waals surface area contributed by atoms with Gasteiger partial charge in [0.05, 0.1) is 29.5 Å². The first kappa shape index (κ1) is 22.5. The van der Waals surface area contributed by atoms with Gasteiger partial charge in [-0.3, -0.25) is 14.2 Å². The number of nitrogens with one attached hydrogen (secondary N) is 1. The average Bonchev–Trinajstić information content (AvgIpc) is 3.50. The van der Waals surface area contributed by atoms with E-state index in [4.69, 9.17) is 9.72 Å². The van der Waals surface area contributed by atoms with Crippen molar-refractivity contribution in [1.29, 1.82) is 0 Å². The number of aromatic amines is 1. The van der Waals surface area contributed by atoms with Gasteiger partial charge in [0.1, 0.15) is 4.83 Å². The van der Waals surface area contributed by atoms with Gasteiger partial charge in [-0.2, -0.15) is 0 Å². The summed E-state index contributed by atoms with van der Waals surface area (Å²) in [4.78, 5) is 47.6. The lowest BCUT2D eigenvalue weighted by atomic mass is 10.1. The molecule has 0 aliphatic rings. The molecule has 0 fully saturated rings. The molecule has 0 aromatic carbocycles. The molecule has 0 radical (unpaired) electrons. The summed E-state index contributed by atoms with van der Waals surface area (Å²) in [6.07, 6.45) is 0. The van der Waals surface area contributed by atoms with Crippen LogP contribution in [0.15, 0.2) is 32.8 Å². The Kier molecular flexibility index (Phi) is 6.36. The Morgan fingerprint density at radius 2 is 2.06 bits per heavy atom. The van der Waals surface area contributed by atoms with Gasteiger partial charge in [-0.05, 0) is 37.8 Å².